The molecule has 3 nitrogen and oxygen atoms in total. The van der Waals surface area contributed by atoms with Gasteiger partial charge < -0.3 is 4.90 Å². The van der Waals surface area contributed by atoms with Crippen molar-refractivity contribution in [1.29, 1.82) is 0 Å². The molecule has 0 N–H and O–H groups in total. The van der Waals surface area contributed by atoms with Crippen LogP contribution in [0.25, 0.3) is 0 Å². The Balaban J connectivity index is 1.51. The second-order valence-corrected chi connectivity index (χ2v) is 11.1. The summed E-state index contributed by atoms with van der Waals surface area (Å²) in [6.45, 7) is 12.6. The van der Waals surface area contributed by atoms with E-state index >= 15 is 0 Å². The van der Waals surface area contributed by atoms with Gasteiger partial charge in [0.1, 0.15) is 0 Å². The van der Waals surface area contributed by atoms with E-state index in [4.69, 9.17) is 0 Å². The molecule has 0 unspecified atom stereocenters. The number of halogens is 1. The van der Waals surface area contributed by atoms with E-state index in [9.17, 15) is 4.39 Å². The van der Waals surface area contributed by atoms with E-state index in [2.05, 4.69) is 40.8 Å². The third kappa shape index (κ3) is 4.95. The summed E-state index contributed by atoms with van der Waals surface area (Å²) in [7, 11) is 0. The molecule has 2 aliphatic rings. The predicted octanol–water partition coefficient (Wildman–Crippen LogP) is 5.64. The fraction of sp³-hybridized carbons (Fsp3) is 0.640. The van der Waals surface area contributed by atoms with Gasteiger partial charge in [-0.3, -0.25) is 9.88 Å². The molecule has 0 spiro atoms. The third-order valence-corrected chi connectivity index (χ3v) is 8.32. The van der Waals surface area contributed by atoms with Gasteiger partial charge in [0.2, 0.25) is 0 Å². The molecule has 4 heterocycles. The number of hydrogen-bond donors (Lipinski definition) is 0. The highest BCUT2D eigenvalue weighted by atomic mass is 32.1. The number of likely N-dealkylation sites (tertiary alicyclic amines) is 2. The molecule has 0 bridgehead atoms. The lowest BCUT2D eigenvalue weighted by atomic mass is 9.80. The van der Waals surface area contributed by atoms with E-state index in [0.29, 0.717) is 0 Å². The lowest BCUT2D eigenvalue weighted by Crippen LogP contribution is -2.45. The highest BCUT2D eigenvalue weighted by Crippen LogP contribution is 2.42. The Kier molecular flexibility index (Phi) is 6.61. The van der Waals surface area contributed by atoms with Gasteiger partial charge in [-0.1, -0.05) is 12.5 Å². The molecule has 5 heteroatoms. The Bertz CT molecular complexity index is 825. The van der Waals surface area contributed by atoms with E-state index in [0.717, 1.165) is 31.6 Å². The number of aromatic nitrogens is 1. The average molecular weight is 430 g/mol. The first-order valence-electron chi connectivity index (χ1n) is 11.5. The van der Waals surface area contributed by atoms with Gasteiger partial charge in [0, 0.05) is 35.4 Å². The van der Waals surface area contributed by atoms with Crippen molar-refractivity contribution in [3.05, 3.63) is 51.7 Å². The highest BCUT2D eigenvalue weighted by molar-refractivity contribution is 7.10. The second-order valence-electron chi connectivity index (χ2n) is 9.96. The van der Waals surface area contributed by atoms with Crippen molar-refractivity contribution in [2.24, 2.45) is 5.41 Å². The number of piperidine rings is 1. The van der Waals surface area contributed by atoms with Crippen LogP contribution in [0.4, 0.5) is 4.39 Å². The molecule has 2 aromatic rings. The van der Waals surface area contributed by atoms with Crippen LogP contribution in [-0.2, 0) is 12.0 Å². The number of thiophene rings is 1. The molecule has 164 valence electrons. The van der Waals surface area contributed by atoms with Crippen molar-refractivity contribution in [3.8, 4) is 0 Å². The summed E-state index contributed by atoms with van der Waals surface area (Å²) < 4.78 is 13.5. The van der Waals surface area contributed by atoms with Crippen LogP contribution in [0, 0.1) is 17.5 Å². The molecular formula is C25H36FN3S. The van der Waals surface area contributed by atoms with Crippen molar-refractivity contribution in [2.45, 2.75) is 64.8 Å². The minimum atomic E-state index is -0.0591. The summed E-state index contributed by atoms with van der Waals surface area (Å²) >= 11 is 1.32. The Morgan fingerprint density at radius 3 is 2.57 bits per heavy atom. The van der Waals surface area contributed by atoms with Crippen LogP contribution in [-0.4, -0.2) is 47.5 Å². The Morgan fingerprint density at radius 1 is 1.10 bits per heavy atom. The fourth-order valence-electron chi connectivity index (χ4n) is 5.30. The lowest BCUT2D eigenvalue weighted by molar-refractivity contribution is 0.0924. The van der Waals surface area contributed by atoms with Gasteiger partial charge in [0.15, 0.2) is 5.13 Å². The number of nitrogens with zero attached hydrogens (tertiary/aromatic N) is 3. The van der Waals surface area contributed by atoms with Crippen LogP contribution in [0.3, 0.4) is 0 Å². The van der Waals surface area contributed by atoms with Crippen LogP contribution in [0.5, 0.6) is 0 Å². The molecule has 2 saturated heterocycles. The molecule has 0 radical (unpaired) electrons. The predicted molar refractivity (Wildman–Crippen MR) is 124 cm³/mol. The number of hydrogen-bond acceptors (Lipinski definition) is 4. The molecule has 0 amide bonds. The third-order valence-electron chi connectivity index (χ3n) is 7.38. The van der Waals surface area contributed by atoms with Crippen LogP contribution in [0.2, 0.25) is 0 Å². The van der Waals surface area contributed by atoms with E-state index in [1.54, 1.807) is 6.07 Å². The molecule has 30 heavy (non-hydrogen) atoms. The number of pyridine rings is 1. The zero-order chi connectivity index (χ0) is 21.2. The summed E-state index contributed by atoms with van der Waals surface area (Å²) in [5.74, 6) is 0. The van der Waals surface area contributed by atoms with Gasteiger partial charge in [0.05, 0.1) is 0 Å². The molecule has 0 saturated carbocycles. The minimum Gasteiger partial charge on any atom is -0.303 e. The molecule has 4 rings (SSSR count). The van der Waals surface area contributed by atoms with Gasteiger partial charge in [-0.25, -0.2) is 0 Å². The monoisotopic (exact) mass is 429 g/mol. The zero-order valence-corrected chi connectivity index (χ0v) is 19.6. The Labute approximate surface area is 185 Å². The largest absolute Gasteiger partial charge is 0.303 e. The van der Waals surface area contributed by atoms with Crippen molar-refractivity contribution >= 4 is 11.3 Å². The first-order chi connectivity index (χ1) is 14.4. The normalized spacial score (nSPS) is 23.9. The van der Waals surface area contributed by atoms with Crippen molar-refractivity contribution < 1.29 is 4.39 Å². The summed E-state index contributed by atoms with van der Waals surface area (Å²) in [6.07, 6.45) is 9.43. The lowest BCUT2D eigenvalue weighted by Gasteiger charge is -2.40. The van der Waals surface area contributed by atoms with Crippen molar-refractivity contribution in [1.82, 2.24) is 14.8 Å². The zero-order valence-electron chi connectivity index (χ0n) is 18.8. The van der Waals surface area contributed by atoms with Crippen LogP contribution >= 0.6 is 11.3 Å². The molecule has 2 aromatic heterocycles. The summed E-state index contributed by atoms with van der Waals surface area (Å²) in [6, 6.07) is 7.95. The summed E-state index contributed by atoms with van der Waals surface area (Å²) in [5, 5.41) is -0.0591. The Morgan fingerprint density at radius 2 is 1.90 bits per heavy atom. The maximum atomic E-state index is 13.5. The first-order valence-corrected chi connectivity index (χ1v) is 12.3. The van der Waals surface area contributed by atoms with Crippen molar-refractivity contribution in [2.75, 3.05) is 32.7 Å². The minimum absolute atomic E-state index is 0.0284. The van der Waals surface area contributed by atoms with Crippen LogP contribution in [0.1, 0.15) is 62.1 Å². The van der Waals surface area contributed by atoms with E-state index in [-0.39, 0.29) is 16.1 Å². The van der Waals surface area contributed by atoms with Gasteiger partial charge in [-0.15, -0.1) is 11.3 Å². The molecule has 0 aliphatic carbocycles. The van der Waals surface area contributed by atoms with Gasteiger partial charge in [-0.05, 0) is 102 Å². The number of rotatable bonds is 7. The summed E-state index contributed by atoms with van der Waals surface area (Å²) in [5.41, 5.74) is 2.62. The molecule has 2 aliphatic heterocycles. The molecule has 0 aromatic carbocycles. The second kappa shape index (κ2) is 9.05. The molecular weight excluding hydrogens is 393 g/mol. The van der Waals surface area contributed by atoms with Gasteiger partial charge in [0.25, 0.3) is 0 Å². The quantitative estimate of drug-likeness (QED) is 0.568. The first kappa shape index (κ1) is 21.9. The van der Waals surface area contributed by atoms with E-state index < -0.39 is 0 Å². The maximum Gasteiger partial charge on any atom is 0.176 e. The van der Waals surface area contributed by atoms with E-state index in [1.807, 2.05) is 19.2 Å². The topological polar surface area (TPSA) is 19.4 Å². The standard InChI is InChI=1S/C25H36FN3S/c1-20-7-8-21(17-27-20)24(2,3)29-16-13-25(19-29,18-28-14-5-4-6-15-28)12-11-22-9-10-23(26)30-22/h7-10,17H,4-6,11-16,18-19H2,1-3H3/t25-/m0/s1. The van der Waals surface area contributed by atoms with Crippen LogP contribution in [0.15, 0.2) is 30.5 Å². The van der Waals surface area contributed by atoms with Gasteiger partial charge in [-0.2, -0.15) is 4.39 Å². The molecule has 1 atom stereocenters. The highest BCUT2D eigenvalue weighted by Gasteiger charge is 2.44. The molecule has 2 fully saturated rings. The maximum absolute atomic E-state index is 13.5. The van der Waals surface area contributed by atoms with E-state index in [1.165, 1.54) is 67.1 Å². The van der Waals surface area contributed by atoms with Gasteiger partial charge >= 0.3 is 0 Å². The average Bonchev–Trinajstić information content (AvgIpc) is 3.35. The van der Waals surface area contributed by atoms with Crippen molar-refractivity contribution in [3.63, 3.8) is 0 Å². The SMILES string of the molecule is Cc1ccc(C(C)(C)N2CC[C@@](CCc3ccc(F)s3)(CN3CCCCC3)C2)cn1. The Hall–Kier alpha value is -1.30. The number of aryl methyl sites for hydroxylation is 2. The summed E-state index contributed by atoms with van der Waals surface area (Å²) in [4.78, 5) is 11.1. The fourth-order valence-corrected chi connectivity index (χ4v) is 6.03. The van der Waals surface area contributed by atoms with Crippen LogP contribution < -0.4 is 0 Å². The smallest absolute Gasteiger partial charge is 0.176 e.